The van der Waals surface area contributed by atoms with Crippen molar-refractivity contribution in [3.63, 3.8) is 0 Å². The van der Waals surface area contributed by atoms with Crippen LogP contribution in [0.2, 0.25) is 0 Å². The van der Waals surface area contributed by atoms with Crippen molar-refractivity contribution in [1.29, 1.82) is 0 Å². The molecule has 0 aromatic carbocycles. The molecule has 0 fully saturated rings. The molecule has 0 aliphatic heterocycles. The number of hydrogen-bond donors (Lipinski definition) is 0. The Morgan fingerprint density at radius 3 is 1.00 bits per heavy atom. The second-order valence-corrected chi connectivity index (χ2v) is 0. The summed E-state index contributed by atoms with van der Waals surface area (Å²) in [5.74, 6) is 0. The first-order valence-corrected chi connectivity index (χ1v) is 0.842. The normalized spacial score (nSPS) is 0.750. The molecular weight excluding hydrogens is 135 g/mol. The van der Waals surface area contributed by atoms with Gasteiger partial charge in [0, 0.05) is 0 Å². The van der Waals surface area contributed by atoms with Gasteiger partial charge in [-0.1, -0.05) is 0 Å². The Kier molecular flexibility index (Phi) is 159. The molecule has 0 spiro atoms. The van der Waals surface area contributed by atoms with Crippen LogP contribution in [-0.2, 0) is 23.7 Å². The van der Waals surface area contributed by atoms with Crippen LogP contribution in [0.3, 0.4) is 0 Å². The van der Waals surface area contributed by atoms with E-state index in [1.807, 2.05) is 0 Å². The van der Waals surface area contributed by atoms with Crippen LogP contribution in [0.4, 0.5) is 0 Å². The van der Waals surface area contributed by atoms with E-state index in [4.69, 9.17) is 3.32 Å². The van der Waals surface area contributed by atoms with Gasteiger partial charge in [0.1, 0.15) is 0 Å². The molecule has 0 saturated heterocycles. The minimum absolute atomic E-state index is 0. The third kappa shape index (κ3) is 11.3. The SMILES string of the molecule is Cl.Cl.[O]=[Ti]. The van der Waals surface area contributed by atoms with Gasteiger partial charge in [-0.3, -0.25) is 0 Å². The molecule has 4 heteroatoms. The fraction of sp³-hybridized carbons (Fsp3) is 0. The average molecular weight is 137 g/mol. The summed E-state index contributed by atoms with van der Waals surface area (Å²) < 4.78 is 8.25. The van der Waals surface area contributed by atoms with Gasteiger partial charge in [0.05, 0.1) is 0 Å². The van der Waals surface area contributed by atoms with Crippen LogP contribution in [0, 0.1) is 0 Å². The molecule has 26 valence electrons. The molecule has 4 heavy (non-hydrogen) atoms. The van der Waals surface area contributed by atoms with Gasteiger partial charge >= 0.3 is 23.7 Å². The Morgan fingerprint density at radius 1 is 1.00 bits per heavy atom. The third-order valence-corrected chi connectivity index (χ3v) is 0. The van der Waals surface area contributed by atoms with E-state index in [2.05, 4.69) is 0 Å². The first-order chi connectivity index (χ1) is 1.00. The molecule has 0 aromatic heterocycles. The zero-order chi connectivity index (χ0) is 2.00. The first kappa shape index (κ1) is 19.5. The quantitative estimate of drug-likeness (QED) is 0.449. The predicted molar refractivity (Wildman–Crippen MR) is 15.2 cm³/mol. The fourth-order valence-electron chi connectivity index (χ4n) is 0. The summed E-state index contributed by atoms with van der Waals surface area (Å²) in [7, 11) is 0. The summed E-state index contributed by atoms with van der Waals surface area (Å²) in [6.07, 6.45) is 0. The molecule has 0 heterocycles. The molecule has 0 atom stereocenters. The maximum absolute atomic E-state index is 8.25. The number of hydrogen-bond acceptors (Lipinski definition) is 1. The van der Waals surface area contributed by atoms with Gasteiger partial charge in [-0.2, -0.15) is 0 Å². The molecule has 0 aliphatic carbocycles. The molecule has 0 aliphatic rings. The van der Waals surface area contributed by atoms with Crippen molar-refractivity contribution in [3.8, 4) is 0 Å². The van der Waals surface area contributed by atoms with Gasteiger partial charge in [0.15, 0.2) is 0 Å². The molecular formula is H2Cl2OTi. The summed E-state index contributed by atoms with van der Waals surface area (Å²) in [5, 5.41) is 0. The van der Waals surface area contributed by atoms with E-state index in [1.165, 1.54) is 0 Å². The minimum atomic E-state index is 0. The monoisotopic (exact) mass is 136 g/mol. The second kappa shape index (κ2) is 32.7. The van der Waals surface area contributed by atoms with Crippen molar-refractivity contribution in [1.82, 2.24) is 0 Å². The molecule has 0 amide bonds. The van der Waals surface area contributed by atoms with Crippen LogP contribution in [0.25, 0.3) is 0 Å². The Bertz CT molecular complexity index is 6.00. The van der Waals surface area contributed by atoms with Crippen LogP contribution >= 0.6 is 24.8 Å². The topological polar surface area (TPSA) is 17.1 Å². The van der Waals surface area contributed by atoms with Gasteiger partial charge in [-0.05, 0) is 0 Å². The van der Waals surface area contributed by atoms with E-state index in [0.717, 1.165) is 20.4 Å². The Morgan fingerprint density at radius 2 is 1.00 bits per heavy atom. The maximum atomic E-state index is 8.25. The molecule has 0 rings (SSSR count). The second-order valence-electron chi connectivity index (χ2n) is 0. The van der Waals surface area contributed by atoms with E-state index >= 15 is 0 Å². The Labute approximate surface area is 48.7 Å². The Balaban J connectivity index is -0.00000000500. The van der Waals surface area contributed by atoms with E-state index in [-0.39, 0.29) is 24.8 Å². The predicted octanol–water partition coefficient (Wildman–Crippen LogP) is 0.722. The van der Waals surface area contributed by atoms with Gasteiger partial charge in [0.2, 0.25) is 0 Å². The molecule has 0 unspecified atom stereocenters. The summed E-state index contributed by atoms with van der Waals surface area (Å²) in [6, 6.07) is 0. The van der Waals surface area contributed by atoms with Crippen molar-refractivity contribution in [2.24, 2.45) is 0 Å². The van der Waals surface area contributed by atoms with Crippen molar-refractivity contribution in [3.05, 3.63) is 0 Å². The van der Waals surface area contributed by atoms with Crippen molar-refractivity contribution in [2.45, 2.75) is 0 Å². The van der Waals surface area contributed by atoms with Crippen LogP contribution in [0.5, 0.6) is 0 Å². The summed E-state index contributed by atoms with van der Waals surface area (Å²) in [5.41, 5.74) is 0. The number of rotatable bonds is 0. The van der Waals surface area contributed by atoms with Gasteiger partial charge in [0.25, 0.3) is 0 Å². The van der Waals surface area contributed by atoms with Crippen molar-refractivity contribution in [2.75, 3.05) is 0 Å². The van der Waals surface area contributed by atoms with Crippen LogP contribution in [-0.4, -0.2) is 0 Å². The van der Waals surface area contributed by atoms with Gasteiger partial charge < -0.3 is 0 Å². The first-order valence-electron chi connectivity index (χ1n) is 0.204. The van der Waals surface area contributed by atoms with E-state index in [0.29, 0.717) is 0 Å². The molecule has 0 N–H and O–H groups in total. The summed E-state index contributed by atoms with van der Waals surface area (Å²) in [6.45, 7) is 0. The average Bonchev–Trinajstić information content (AvgIpc) is 1.00. The molecule has 0 radical (unpaired) electrons. The van der Waals surface area contributed by atoms with Crippen molar-refractivity contribution < 1.29 is 23.7 Å². The van der Waals surface area contributed by atoms with E-state index in [9.17, 15) is 0 Å². The standard InChI is InChI=1S/2ClH.O.Ti/h2*1H;;. The van der Waals surface area contributed by atoms with Crippen LogP contribution in [0.1, 0.15) is 0 Å². The summed E-state index contributed by atoms with van der Waals surface area (Å²) >= 11 is 0.750. The van der Waals surface area contributed by atoms with Gasteiger partial charge in [-0.25, -0.2) is 0 Å². The van der Waals surface area contributed by atoms with Crippen molar-refractivity contribution >= 4 is 24.8 Å². The summed E-state index contributed by atoms with van der Waals surface area (Å²) in [4.78, 5) is 0. The zero-order valence-electron chi connectivity index (χ0n) is 1.72. The van der Waals surface area contributed by atoms with Crippen LogP contribution < -0.4 is 0 Å². The zero-order valence-corrected chi connectivity index (χ0v) is 4.92. The fourth-order valence-corrected chi connectivity index (χ4v) is 0. The molecule has 1 nitrogen and oxygen atoms in total. The third-order valence-electron chi connectivity index (χ3n) is 0. The van der Waals surface area contributed by atoms with E-state index < -0.39 is 0 Å². The van der Waals surface area contributed by atoms with E-state index in [1.54, 1.807) is 0 Å². The molecule has 0 bridgehead atoms. The van der Waals surface area contributed by atoms with Crippen LogP contribution in [0.15, 0.2) is 0 Å². The molecule has 0 saturated carbocycles. The Hall–Kier alpha value is 1.09. The number of halogens is 2. The molecule has 0 aromatic rings. The van der Waals surface area contributed by atoms with Gasteiger partial charge in [-0.15, -0.1) is 24.8 Å².